The van der Waals surface area contributed by atoms with Crippen LogP contribution in [0.3, 0.4) is 0 Å². The lowest BCUT2D eigenvalue weighted by Gasteiger charge is -2.30. The Morgan fingerprint density at radius 1 is 1.56 bits per heavy atom. The van der Waals surface area contributed by atoms with Crippen molar-refractivity contribution in [1.29, 1.82) is 0 Å². The van der Waals surface area contributed by atoms with Crippen LogP contribution in [0, 0.1) is 10.1 Å². The first kappa shape index (κ1) is 10.3. The number of ether oxygens (including phenoxy) is 1. The number of hydrogen-bond acceptors (Lipinski definition) is 5. The number of anilines is 1. The molecule has 7 nitrogen and oxygen atoms in total. The van der Waals surface area contributed by atoms with E-state index in [-0.39, 0.29) is 23.2 Å². The Kier molecular flexibility index (Phi) is 2.04. The van der Waals surface area contributed by atoms with Gasteiger partial charge in [-0.25, -0.2) is 4.98 Å². The van der Waals surface area contributed by atoms with Crippen LogP contribution >= 0.6 is 0 Å². The molecule has 1 N–H and O–H groups in total. The summed E-state index contributed by atoms with van der Waals surface area (Å²) >= 11 is 0. The summed E-state index contributed by atoms with van der Waals surface area (Å²) in [5.41, 5.74) is -1.23. The molecule has 2 heterocycles. The zero-order valence-electron chi connectivity index (χ0n) is 8.68. The maximum Gasteiger partial charge on any atom is 0.291 e. The van der Waals surface area contributed by atoms with E-state index in [0.29, 0.717) is 0 Å². The fraction of sp³-hybridized carbons (Fsp3) is 0.333. The predicted octanol–water partition coefficient (Wildman–Crippen LogP) is 1.10. The molecule has 16 heavy (non-hydrogen) atoms. The number of pyridine rings is 1. The topological polar surface area (TPSA) is 94.4 Å². The highest BCUT2D eigenvalue weighted by atomic mass is 16.6. The number of nitro groups is 1. The number of carbonyl (C=O) groups excluding carboxylic acids is 1. The number of nitrogens with zero attached hydrogens (tertiary/aromatic N) is 2. The summed E-state index contributed by atoms with van der Waals surface area (Å²) in [7, 11) is 0. The molecule has 0 saturated heterocycles. The van der Waals surface area contributed by atoms with E-state index in [9.17, 15) is 14.9 Å². The van der Waals surface area contributed by atoms with Crippen LogP contribution in [0.4, 0.5) is 11.5 Å². The summed E-state index contributed by atoms with van der Waals surface area (Å²) in [5, 5.41) is 13.1. The normalized spacial score (nSPS) is 17.0. The number of rotatable bonds is 1. The molecule has 0 radical (unpaired) electrons. The lowest BCUT2D eigenvalue weighted by atomic mass is 10.1. The molecule has 1 aromatic rings. The number of fused-ring (bicyclic) bond motifs is 1. The first-order valence-corrected chi connectivity index (χ1v) is 4.55. The maximum absolute atomic E-state index is 11.5. The number of carbonyl (C=O) groups is 1. The minimum absolute atomic E-state index is 0.175. The van der Waals surface area contributed by atoms with Gasteiger partial charge >= 0.3 is 0 Å². The first-order chi connectivity index (χ1) is 7.40. The van der Waals surface area contributed by atoms with Crippen LogP contribution in [0.5, 0.6) is 5.75 Å². The monoisotopic (exact) mass is 223 g/mol. The van der Waals surface area contributed by atoms with Gasteiger partial charge in [-0.05, 0) is 13.8 Å². The quantitative estimate of drug-likeness (QED) is 0.568. The maximum atomic E-state index is 11.5. The molecule has 1 aliphatic rings. The summed E-state index contributed by atoms with van der Waals surface area (Å²) in [6.07, 6.45) is 1.07. The van der Waals surface area contributed by atoms with Gasteiger partial charge in [-0.1, -0.05) is 0 Å². The molecule has 0 unspecified atom stereocenters. The van der Waals surface area contributed by atoms with Crippen LogP contribution in [0.1, 0.15) is 13.8 Å². The van der Waals surface area contributed by atoms with Gasteiger partial charge in [-0.2, -0.15) is 0 Å². The van der Waals surface area contributed by atoms with Crippen molar-refractivity contribution in [3.8, 4) is 5.75 Å². The standard InChI is InChI=1S/C9H9N3O4/c1-9(2)8(13)11-7-6(16-9)3-5(4-10-7)12(14)15/h3-4H,1-2H3,(H,10,11,13). The van der Waals surface area contributed by atoms with Crippen molar-refractivity contribution >= 4 is 17.4 Å². The zero-order chi connectivity index (χ0) is 11.9. The van der Waals surface area contributed by atoms with Crippen molar-refractivity contribution in [2.45, 2.75) is 19.4 Å². The molecule has 0 atom stereocenters. The Bertz CT molecular complexity index is 484. The van der Waals surface area contributed by atoms with Crippen LogP contribution in [-0.2, 0) is 4.79 Å². The minimum atomic E-state index is -1.05. The van der Waals surface area contributed by atoms with Crippen molar-refractivity contribution in [2.75, 3.05) is 5.32 Å². The van der Waals surface area contributed by atoms with Gasteiger partial charge in [0.05, 0.1) is 11.0 Å². The molecule has 84 valence electrons. The van der Waals surface area contributed by atoms with Crippen molar-refractivity contribution < 1.29 is 14.5 Å². The second-order valence-corrected chi connectivity index (χ2v) is 3.86. The van der Waals surface area contributed by atoms with E-state index in [0.717, 1.165) is 6.20 Å². The summed E-state index contributed by atoms with van der Waals surface area (Å²) in [6.45, 7) is 3.15. The van der Waals surface area contributed by atoms with Gasteiger partial charge in [-0.15, -0.1) is 0 Å². The number of amides is 1. The molecule has 0 aliphatic carbocycles. The molecule has 0 aromatic carbocycles. The van der Waals surface area contributed by atoms with Crippen molar-refractivity contribution in [3.05, 3.63) is 22.4 Å². The van der Waals surface area contributed by atoms with Gasteiger partial charge in [-0.3, -0.25) is 14.9 Å². The van der Waals surface area contributed by atoms with Crippen LogP contribution in [0.2, 0.25) is 0 Å². The molecule has 0 fully saturated rings. The first-order valence-electron chi connectivity index (χ1n) is 4.55. The molecule has 0 spiro atoms. The van der Waals surface area contributed by atoms with E-state index in [1.165, 1.54) is 6.07 Å². The largest absolute Gasteiger partial charge is 0.474 e. The van der Waals surface area contributed by atoms with Gasteiger partial charge in [0, 0.05) is 0 Å². The smallest absolute Gasteiger partial charge is 0.291 e. The third-order valence-electron chi connectivity index (χ3n) is 2.19. The second kappa shape index (κ2) is 3.16. The lowest BCUT2D eigenvalue weighted by molar-refractivity contribution is -0.385. The van der Waals surface area contributed by atoms with E-state index in [2.05, 4.69) is 10.3 Å². The van der Waals surface area contributed by atoms with Crippen molar-refractivity contribution in [1.82, 2.24) is 4.98 Å². The van der Waals surface area contributed by atoms with Gasteiger partial charge in [0.2, 0.25) is 0 Å². The SMILES string of the molecule is CC1(C)Oc2cc([N+](=O)[O-])cnc2NC1=O. The molecule has 2 rings (SSSR count). The summed E-state index contributed by atoms with van der Waals surface area (Å²) < 4.78 is 5.34. The average Bonchev–Trinajstić information content (AvgIpc) is 2.18. The molecule has 0 saturated carbocycles. The highest BCUT2D eigenvalue weighted by molar-refractivity contribution is 5.99. The van der Waals surface area contributed by atoms with Crippen LogP contribution < -0.4 is 10.1 Å². The van der Waals surface area contributed by atoms with Crippen molar-refractivity contribution in [2.24, 2.45) is 0 Å². The summed E-state index contributed by atoms with van der Waals surface area (Å²) in [4.78, 5) is 25.2. The molecule has 0 bridgehead atoms. The second-order valence-electron chi connectivity index (χ2n) is 3.86. The molecule has 1 aromatic heterocycles. The third kappa shape index (κ3) is 1.56. The highest BCUT2D eigenvalue weighted by Gasteiger charge is 2.36. The molecule has 7 heteroatoms. The van der Waals surface area contributed by atoms with E-state index in [1.807, 2.05) is 0 Å². The summed E-state index contributed by atoms with van der Waals surface area (Å²) in [5.74, 6) is 0.0788. The Labute approximate surface area is 90.6 Å². The number of hydrogen-bond donors (Lipinski definition) is 1. The third-order valence-corrected chi connectivity index (χ3v) is 2.19. The van der Waals surface area contributed by atoms with Gasteiger partial charge in [0.25, 0.3) is 11.6 Å². The molecule has 1 amide bonds. The fourth-order valence-corrected chi connectivity index (χ4v) is 1.29. The van der Waals surface area contributed by atoms with E-state index < -0.39 is 10.5 Å². The number of aromatic nitrogens is 1. The van der Waals surface area contributed by atoms with Crippen LogP contribution in [0.25, 0.3) is 0 Å². The lowest BCUT2D eigenvalue weighted by Crippen LogP contribution is -2.45. The van der Waals surface area contributed by atoms with Gasteiger partial charge < -0.3 is 10.1 Å². The summed E-state index contributed by atoms with van der Waals surface area (Å²) in [6, 6.07) is 1.24. The van der Waals surface area contributed by atoms with E-state index in [1.54, 1.807) is 13.8 Å². The van der Waals surface area contributed by atoms with E-state index in [4.69, 9.17) is 4.74 Å². The van der Waals surface area contributed by atoms with Crippen molar-refractivity contribution in [3.63, 3.8) is 0 Å². The fourth-order valence-electron chi connectivity index (χ4n) is 1.29. The predicted molar refractivity (Wildman–Crippen MR) is 54.2 cm³/mol. The average molecular weight is 223 g/mol. The number of nitrogens with one attached hydrogen (secondary N) is 1. The Balaban J connectivity index is 2.45. The minimum Gasteiger partial charge on any atom is -0.474 e. The Morgan fingerprint density at radius 3 is 2.88 bits per heavy atom. The van der Waals surface area contributed by atoms with Gasteiger partial charge in [0.1, 0.15) is 6.20 Å². The highest BCUT2D eigenvalue weighted by Crippen LogP contribution is 2.33. The van der Waals surface area contributed by atoms with Gasteiger partial charge in [0.15, 0.2) is 17.2 Å². The Morgan fingerprint density at radius 2 is 2.25 bits per heavy atom. The zero-order valence-corrected chi connectivity index (χ0v) is 8.68. The Hall–Kier alpha value is -2.18. The van der Waals surface area contributed by atoms with Crippen LogP contribution in [0.15, 0.2) is 12.3 Å². The molecular weight excluding hydrogens is 214 g/mol. The molecule has 1 aliphatic heterocycles. The van der Waals surface area contributed by atoms with Crippen LogP contribution in [-0.4, -0.2) is 21.4 Å². The van der Waals surface area contributed by atoms with E-state index >= 15 is 0 Å². The molecular formula is C9H9N3O4.